The summed E-state index contributed by atoms with van der Waals surface area (Å²) in [7, 11) is 0. The first-order chi connectivity index (χ1) is 5.12. The lowest BCUT2D eigenvalue weighted by molar-refractivity contribution is -0.0691. The van der Waals surface area contributed by atoms with Crippen LogP contribution in [0.5, 0.6) is 0 Å². The van der Waals surface area contributed by atoms with Gasteiger partial charge in [0.2, 0.25) is 0 Å². The minimum absolute atomic E-state index is 0.119. The van der Waals surface area contributed by atoms with Crippen molar-refractivity contribution >= 4 is 0 Å². The summed E-state index contributed by atoms with van der Waals surface area (Å²) in [5, 5.41) is 0. The molecule has 0 fully saturated rings. The minimum Gasteiger partial charge on any atom is -0.373 e. The molecule has 0 aliphatic rings. The zero-order valence-corrected chi connectivity index (χ0v) is 9.27. The quantitative estimate of drug-likeness (QED) is 0.708. The average Bonchev–Trinajstić information content (AvgIpc) is 1.48. The van der Waals surface area contributed by atoms with Gasteiger partial charge in [-0.3, -0.25) is 0 Å². The number of nitrogens with two attached hydrogens (primary N) is 1. The SMILES string of the molecule is CC(C)OC(C)(C)CC(C)(C)N. The summed E-state index contributed by atoms with van der Waals surface area (Å²) < 4.78 is 5.73. The molecule has 12 heavy (non-hydrogen) atoms. The lowest BCUT2D eigenvalue weighted by atomic mass is 9.90. The van der Waals surface area contributed by atoms with Crippen molar-refractivity contribution in [3.8, 4) is 0 Å². The van der Waals surface area contributed by atoms with Crippen LogP contribution in [0.3, 0.4) is 0 Å². The van der Waals surface area contributed by atoms with Crippen LogP contribution in [0.1, 0.15) is 48.0 Å². The molecule has 0 saturated carbocycles. The van der Waals surface area contributed by atoms with Gasteiger partial charge in [-0.25, -0.2) is 0 Å². The predicted octanol–water partition coefficient (Wildman–Crippen LogP) is 2.32. The van der Waals surface area contributed by atoms with E-state index in [2.05, 4.69) is 13.8 Å². The maximum absolute atomic E-state index is 5.92. The van der Waals surface area contributed by atoms with Crippen molar-refractivity contribution in [3.05, 3.63) is 0 Å². The van der Waals surface area contributed by atoms with E-state index in [1.165, 1.54) is 0 Å². The molecular formula is C10H23NO. The molecule has 2 heteroatoms. The molecule has 0 spiro atoms. The smallest absolute Gasteiger partial charge is 0.0647 e. The Labute approximate surface area is 76.5 Å². The summed E-state index contributed by atoms with van der Waals surface area (Å²) in [6.07, 6.45) is 1.14. The molecule has 2 nitrogen and oxygen atoms in total. The van der Waals surface area contributed by atoms with Gasteiger partial charge < -0.3 is 10.5 Å². The summed E-state index contributed by atoms with van der Waals surface area (Å²) in [5.74, 6) is 0. The second-order valence-corrected chi connectivity index (χ2v) is 5.09. The highest BCUT2D eigenvalue weighted by Crippen LogP contribution is 2.22. The van der Waals surface area contributed by atoms with Crippen molar-refractivity contribution in [3.63, 3.8) is 0 Å². The van der Waals surface area contributed by atoms with Gasteiger partial charge in [-0.15, -0.1) is 0 Å². The summed E-state index contributed by atoms with van der Waals surface area (Å²) in [6, 6.07) is 0. The lowest BCUT2D eigenvalue weighted by Gasteiger charge is -2.33. The molecule has 0 radical (unpaired) electrons. The second-order valence-electron chi connectivity index (χ2n) is 5.09. The Morgan fingerprint density at radius 1 is 1.17 bits per heavy atom. The van der Waals surface area contributed by atoms with E-state index in [-0.39, 0.29) is 17.2 Å². The summed E-state index contributed by atoms with van der Waals surface area (Å²) >= 11 is 0. The summed E-state index contributed by atoms with van der Waals surface area (Å²) in [4.78, 5) is 0. The van der Waals surface area contributed by atoms with E-state index >= 15 is 0 Å². The van der Waals surface area contributed by atoms with Crippen molar-refractivity contribution in [1.29, 1.82) is 0 Å². The van der Waals surface area contributed by atoms with Crippen molar-refractivity contribution in [2.75, 3.05) is 0 Å². The van der Waals surface area contributed by atoms with Crippen LogP contribution in [-0.4, -0.2) is 17.2 Å². The third-order valence-electron chi connectivity index (χ3n) is 1.44. The van der Waals surface area contributed by atoms with Crippen molar-refractivity contribution in [1.82, 2.24) is 0 Å². The highest BCUT2D eigenvalue weighted by Gasteiger charge is 2.27. The maximum Gasteiger partial charge on any atom is 0.0647 e. The van der Waals surface area contributed by atoms with E-state index in [9.17, 15) is 0 Å². The largest absolute Gasteiger partial charge is 0.373 e. The number of hydrogen-bond donors (Lipinski definition) is 1. The van der Waals surface area contributed by atoms with Gasteiger partial charge in [0.25, 0.3) is 0 Å². The third kappa shape index (κ3) is 6.62. The third-order valence-corrected chi connectivity index (χ3v) is 1.44. The second kappa shape index (κ2) is 3.75. The molecule has 0 unspecified atom stereocenters. The summed E-state index contributed by atoms with van der Waals surface area (Å²) in [5.41, 5.74) is 5.64. The van der Waals surface area contributed by atoms with Crippen molar-refractivity contribution in [2.45, 2.75) is 65.2 Å². The molecule has 0 heterocycles. The first kappa shape index (κ1) is 11.9. The zero-order valence-electron chi connectivity index (χ0n) is 9.27. The van der Waals surface area contributed by atoms with Gasteiger partial charge in [-0.2, -0.15) is 0 Å². The van der Waals surface area contributed by atoms with E-state index in [0.29, 0.717) is 0 Å². The van der Waals surface area contributed by atoms with E-state index in [1.807, 2.05) is 27.7 Å². The molecule has 0 aliphatic carbocycles. The topological polar surface area (TPSA) is 35.2 Å². The monoisotopic (exact) mass is 173 g/mol. The van der Waals surface area contributed by atoms with Crippen LogP contribution in [0.15, 0.2) is 0 Å². The van der Waals surface area contributed by atoms with Gasteiger partial charge in [0.15, 0.2) is 0 Å². The number of ether oxygens (including phenoxy) is 1. The van der Waals surface area contributed by atoms with Crippen LogP contribution in [0.4, 0.5) is 0 Å². The Morgan fingerprint density at radius 3 is 1.83 bits per heavy atom. The molecule has 0 atom stereocenters. The summed E-state index contributed by atoms with van der Waals surface area (Å²) in [6.45, 7) is 12.3. The van der Waals surface area contributed by atoms with Crippen molar-refractivity contribution < 1.29 is 4.74 Å². The Bertz CT molecular complexity index is 133. The molecule has 0 amide bonds. The molecule has 0 rings (SSSR count). The van der Waals surface area contributed by atoms with E-state index in [1.54, 1.807) is 0 Å². The Morgan fingerprint density at radius 2 is 1.58 bits per heavy atom. The van der Waals surface area contributed by atoms with Gasteiger partial charge in [0.05, 0.1) is 11.7 Å². The van der Waals surface area contributed by atoms with Crippen LogP contribution < -0.4 is 5.73 Å². The van der Waals surface area contributed by atoms with Gasteiger partial charge in [-0.05, 0) is 48.0 Å². The van der Waals surface area contributed by atoms with Crippen LogP contribution in [-0.2, 0) is 4.74 Å². The number of hydrogen-bond acceptors (Lipinski definition) is 2. The molecule has 2 N–H and O–H groups in total. The van der Waals surface area contributed by atoms with Crippen LogP contribution in [0.25, 0.3) is 0 Å². The van der Waals surface area contributed by atoms with E-state index in [0.717, 1.165) is 6.42 Å². The molecule has 0 aromatic heterocycles. The highest BCUT2D eigenvalue weighted by molar-refractivity contribution is 4.83. The average molecular weight is 173 g/mol. The fourth-order valence-corrected chi connectivity index (χ4v) is 1.78. The first-order valence-electron chi connectivity index (χ1n) is 4.59. The van der Waals surface area contributed by atoms with Gasteiger partial charge in [-0.1, -0.05) is 0 Å². The van der Waals surface area contributed by atoms with Gasteiger partial charge in [0, 0.05) is 5.54 Å². The Kier molecular flexibility index (Phi) is 3.73. The Balaban J connectivity index is 4.04. The molecule has 0 aliphatic heterocycles. The fraction of sp³-hybridized carbons (Fsp3) is 1.00. The van der Waals surface area contributed by atoms with Crippen LogP contribution >= 0.6 is 0 Å². The lowest BCUT2D eigenvalue weighted by Crippen LogP contribution is -2.42. The molecule has 0 saturated heterocycles. The molecule has 74 valence electrons. The normalized spacial score (nSPS) is 14.0. The van der Waals surface area contributed by atoms with Gasteiger partial charge in [0.1, 0.15) is 0 Å². The van der Waals surface area contributed by atoms with Crippen molar-refractivity contribution in [2.24, 2.45) is 5.73 Å². The van der Waals surface area contributed by atoms with E-state index < -0.39 is 0 Å². The minimum atomic E-state index is -0.154. The van der Waals surface area contributed by atoms with E-state index in [4.69, 9.17) is 10.5 Å². The molecule has 0 aromatic carbocycles. The predicted molar refractivity (Wildman–Crippen MR) is 53.2 cm³/mol. The number of rotatable bonds is 4. The van der Waals surface area contributed by atoms with Gasteiger partial charge >= 0.3 is 0 Å². The molecule has 0 bridgehead atoms. The standard InChI is InChI=1S/C10H23NO/c1-8(2)12-10(5,6)7-9(3,4)11/h8H,7,11H2,1-6H3. The molecular weight excluding hydrogens is 150 g/mol. The van der Waals surface area contributed by atoms with Crippen LogP contribution in [0, 0.1) is 0 Å². The highest BCUT2D eigenvalue weighted by atomic mass is 16.5. The maximum atomic E-state index is 5.92. The zero-order chi connectivity index (χ0) is 9.99. The van der Waals surface area contributed by atoms with Crippen LogP contribution in [0.2, 0.25) is 0 Å². The Hall–Kier alpha value is -0.0800. The fourth-order valence-electron chi connectivity index (χ4n) is 1.78. The first-order valence-corrected chi connectivity index (χ1v) is 4.59. The molecule has 0 aromatic rings.